The highest BCUT2D eigenvalue weighted by molar-refractivity contribution is 5.68. The number of nitrogens with zero attached hydrogens (tertiary/aromatic N) is 1. The van der Waals surface area contributed by atoms with Crippen molar-refractivity contribution in [3.8, 4) is 0 Å². The van der Waals surface area contributed by atoms with Crippen LogP contribution in [0.2, 0.25) is 0 Å². The molecule has 1 heterocycles. The Morgan fingerprint density at radius 3 is 2.65 bits per heavy atom. The fourth-order valence-electron chi connectivity index (χ4n) is 2.26. The normalized spacial score (nSPS) is 25.8. The molecule has 0 aliphatic carbocycles. The SMILES string of the molecule is CCNC1CCCN(C(=O)OC(C)(C)C)C1C. The number of rotatable bonds is 2. The number of likely N-dealkylation sites (N-methyl/N-ethyl adjacent to an activating group) is 1. The first-order valence-corrected chi connectivity index (χ1v) is 6.58. The van der Waals surface area contributed by atoms with Crippen molar-refractivity contribution in [1.82, 2.24) is 10.2 Å². The van der Waals surface area contributed by atoms with Crippen molar-refractivity contribution >= 4 is 6.09 Å². The van der Waals surface area contributed by atoms with Gasteiger partial charge in [-0.25, -0.2) is 4.79 Å². The van der Waals surface area contributed by atoms with Gasteiger partial charge in [-0.2, -0.15) is 0 Å². The molecule has 0 aromatic heterocycles. The third-order valence-corrected chi connectivity index (χ3v) is 3.08. The molecule has 1 amide bonds. The van der Waals surface area contributed by atoms with Crippen LogP contribution in [0.1, 0.15) is 47.5 Å². The van der Waals surface area contributed by atoms with Crippen molar-refractivity contribution in [2.24, 2.45) is 0 Å². The Morgan fingerprint density at radius 2 is 2.12 bits per heavy atom. The maximum atomic E-state index is 12.0. The molecule has 4 heteroatoms. The van der Waals surface area contributed by atoms with Gasteiger partial charge in [0.1, 0.15) is 5.60 Å². The van der Waals surface area contributed by atoms with Crippen LogP contribution in [0.3, 0.4) is 0 Å². The van der Waals surface area contributed by atoms with Gasteiger partial charge in [0.2, 0.25) is 0 Å². The van der Waals surface area contributed by atoms with E-state index in [9.17, 15) is 4.79 Å². The van der Waals surface area contributed by atoms with Crippen LogP contribution in [-0.4, -0.2) is 41.8 Å². The molecule has 17 heavy (non-hydrogen) atoms. The number of piperidine rings is 1. The van der Waals surface area contributed by atoms with E-state index in [0.717, 1.165) is 25.9 Å². The minimum atomic E-state index is -0.415. The molecule has 100 valence electrons. The van der Waals surface area contributed by atoms with Crippen molar-refractivity contribution < 1.29 is 9.53 Å². The highest BCUT2D eigenvalue weighted by atomic mass is 16.6. The Morgan fingerprint density at radius 1 is 1.47 bits per heavy atom. The lowest BCUT2D eigenvalue weighted by Gasteiger charge is -2.40. The topological polar surface area (TPSA) is 41.6 Å². The second kappa shape index (κ2) is 5.71. The highest BCUT2D eigenvalue weighted by Crippen LogP contribution is 2.20. The quantitative estimate of drug-likeness (QED) is 0.808. The van der Waals surface area contributed by atoms with E-state index in [1.54, 1.807) is 0 Å². The summed E-state index contributed by atoms with van der Waals surface area (Å²) >= 11 is 0. The van der Waals surface area contributed by atoms with Crippen molar-refractivity contribution in [2.75, 3.05) is 13.1 Å². The van der Waals surface area contributed by atoms with Crippen LogP contribution in [0, 0.1) is 0 Å². The lowest BCUT2D eigenvalue weighted by atomic mass is 9.98. The molecular weight excluding hydrogens is 216 g/mol. The first-order valence-electron chi connectivity index (χ1n) is 6.58. The van der Waals surface area contributed by atoms with Crippen molar-refractivity contribution in [3.63, 3.8) is 0 Å². The van der Waals surface area contributed by atoms with Gasteiger partial charge in [0.15, 0.2) is 0 Å². The lowest BCUT2D eigenvalue weighted by Crippen LogP contribution is -2.55. The Bertz CT molecular complexity index is 259. The highest BCUT2D eigenvalue weighted by Gasteiger charge is 2.33. The van der Waals surface area contributed by atoms with Crippen LogP contribution in [0.5, 0.6) is 0 Å². The van der Waals surface area contributed by atoms with E-state index in [1.807, 2.05) is 25.7 Å². The molecular formula is C13H26N2O2. The number of amides is 1. The summed E-state index contributed by atoms with van der Waals surface area (Å²) < 4.78 is 5.43. The average molecular weight is 242 g/mol. The summed E-state index contributed by atoms with van der Waals surface area (Å²) in [5, 5.41) is 3.43. The maximum absolute atomic E-state index is 12.0. The zero-order valence-corrected chi connectivity index (χ0v) is 11.7. The summed E-state index contributed by atoms with van der Waals surface area (Å²) in [6.45, 7) is 11.6. The van der Waals surface area contributed by atoms with Gasteiger partial charge in [0.05, 0.1) is 0 Å². The summed E-state index contributed by atoms with van der Waals surface area (Å²) in [6.07, 6.45) is 1.99. The molecule has 0 aromatic rings. The van der Waals surface area contributed by atoms with E-state index >= 15 is 0 Å². The molecule has 2 unspecified atom stereocenters. The molecule has 1 fully saturated rings. The smallest absolute Gasteiger partial charge is 0.410 e. The van der Waals surface area contributed by atoms with Gasteiger partial charge in [0.25, 0.3) is 0 Å². The van der Waals surface area contributed by atoms with Gasteiger partial charge in [-0.05, 0) is 47.1 Å². The van der Waals surface area contributed by atoms with Crippen LogP contribution in [-0.2, 0) is 4.74 Å². The molecule has 1 aliphatic rings. The summed E-state index contributed by atoms with van der Waals surface area (Å²) in [6, 6.07) is 0.597. The summed E-state index contributed by atoms with van der Waals surface area (Å²) in [5.41, 5.74) is -0.415. The molecule has 1 N–H and O–H groups in total. The monoisotopic (exact) mass is 242 g/mol. The Labute approximate surface area is 105 Å². The first kappa shape index (κ1) is 14.3. The number of carbonyl (C=O) groups excluding carboxylic acids is 1. The number of ether oxygens (including phenoxy) is 1. The molecule has 2 atom stereocenters. The van der Waals surface area contributed by atoms with E-state index in [4.69, 9.17) is 4.74 Å². The van der Waals surface area contributed by atoms with Crippen LogP contribution in [0.15, 0.2) is 0 Å². The van der Waals surface area contributed by atoms with E-state index in [2.05, 4.69) is 19.2 Å². The minimum absolute atomic E-state index is 0.187. The largest absolute Gasteiger partial charge is 0.444 e. The number of hydrogen-bond acceptors (Lipinski definition) is 3. The van der Waals surface area contributed by atoms with Crippen LogP contribution in [0.25, 0.3) is 0 Å². The second-order valence-corrected chi connectivity index (χ2v) is 5.72. The van der Waals surface area contributed by atoms with Gasteiger partial charge in [-0.15, -0.1) is 0 Å². The zero-order chi connectivity index (χ0) is 13.1. The second-order valence-electron chi connectivity index (χ2n) is 5.72. The third-order valence-electron chi connectivity index (χ3n) is 3.08. The fourth-order valence-corrected chi connectivity index (χ4v) is 2.26. The fraction of sp³-hybridized carbons (Fsp3) is 0.923. The molecule has 0 radical (unpaired) electrons. The van der Waals surface area contributed by atoms with Crippen LogP contribution < -0.4 is 5.32 Å². The Kier molecular flexibility index (Phi) is 4.80. The molecule has 1 saturated heterocycles. The van der Waals surface area contributed by atoms with Crippen molar-refractivity contribution in [3.05, 3.63) is 0 Å². The molecule has 0 spiro atoms. The molecule has 0 saturated carbocycles. The van der Waals surface area contributed by atoms with Gasteiger partial charge in [-0.1, -0.05) is 6.92 Å². The molecule has 1 aliphatic heterocycles. The Balaban J connectivity index is 2.60. The summed E-state index contributed by atoms with van der Waals surface area (Å²) in [5.74, 6) is 0. The van der Waals surface area contributed by atoms with Gasteiger partial charge in [-0.3, -0.25) is 0 Å². The minimum Gasteiger partial charge on any atom is -0.444 e. The maximum Gasteiger partial charge on any atom is 0.410 e. The number of likely N-dealkylation sites (tertiary alicyclic amines) is 1. The van der Waals surface area contributed by atoms with Crippen molar-refractivity contribution in [2.45, 2.75) is 65.1 Å². The number of nitrogens with one attached hydrogen (secondary N) is 1. The van der Waals surface area contributed by atoms with E-state index in [0.29, 0.717) is 6.04 Å². The van der Waals surface area contributed by atoms with E-state index in [-0.39, 0.29) is 12.1 Å². The standard InChI is InChI=1S/C13H26N2O2/c1-6-14-11-8-7-9-15(10(11)2)12(16)17-13(3,4)5/h10-11,14H,6-9H2,1-5H3. The predicted molar refractivity (Wildman–Crippen MR) is 69.1 cm³/mol. The molecule has 1 rings (SSSR count). The van der Waals surface area contributed by atoms with Gasteiger partial charge in [0, 0.05) is 18.6 Å². The van der Waals surface area contributed by atoms with Crippen LogP contribution >= 0.6 is 0 Å². The molecule has 0 bridgehead atoms. The summed E-state index contributed by atoms with van der Waals surface area (Å²) in [4.78, 5) is 13.9. The summed E-state index contributed by atoms with van der Waals surface area (Å²) in [7, 11) is 0. The number of hydrogen-bond donors (Lipinski definition) is 1. The lowest BCUT2D eigenvalue weighted by molar-refractivity contribution is 0.00720. The zero-order valence-electron chi connectivity index (χ0n) is 11.7. The molecule has 4 nitrogen and oxygen atoms in total. The van der Waals surface area contributed by atoms with Crippen molar-refractivity contribution in [1.29, 1.82) is 0 Å². The molecule has 0 aromatic carbocycles. The van der Waals surface area contributed by atoms with Gasteiger partial charge < -0.3 is 15.0 Å². The predicted octanol–water partition coefficient (Wildman–Crippen LogP) is 2.38. The third kappa shape index (κ3) is 4.19. The van der Waals surface area contributed by atoms with Gasteiger partial charge >= 0.3 is 6.09 Å². The first-order chi connectivity index (χ1) is 7.85. The van der Waals surface area contributed by atoms with E-state index < -0.39 is 5.60 Å². The Hall–Kier alpha value is -0.770. The average Bonchev–Trinajstić information content (AvgIpc) is 2.18. The van der Waals surface area contributed by atoms with E-state index in [1.165, 1.54) is 0 Å². The van der Waals surface area contributed by atoms with Crippen LogP contribution in [0.4, 0.5) is 4.79 Å². The number of carbonyl (C=O) groups is 1.